The van der Waals surface area contributed by atoms with E-state index in [0.717, 1.165) is 0 Å². The first kappa shape index (κ1) is 13.2. The van der Waals surface area contributed by atoms with Crippen molar-refractivity contribution < 1.29 is 0 Å². The molecule has 0 bridgehead atoms. The third-order valence-corrected chi connectivity index (χ3v) is 3.38. The minimum Gasteiger partial charge on any atom is -0.286 e. The van der Waals surface area contributed by atoms with E-state index in [1.165, 1.54) is 37.9 Å². The van der Waals surface area contributed by atoms with E-state index in [1.54, 1.807) is 0 Å². The van der Waals surface area contributed by atoms with Crippen molar-refractivity contribution in [1.82, 2.24) is 4.90 Å². The highest BCUT2D eigenvalue weighted by atomic mass is 15.2. The summed E-state index contributed by atoms with van der Waals surface area (Å²) in [6.07, 6.45) is 4.00. The normalized spacial score (nSPS) is 18.2. The van der Waals surface area contributed by atoms with Crippen molar-refractivity contribution in [2.75, 3.05) is 13.1 Å². The third-order valence-electron chi connectivity index (χ3n) is 3.38. The van der Waals surface area contributed by atoms with Gasteiger partial charge < -0.3 is 0 Å². The van der Waals surface area contributed by atoms with Gasteiger partial charge in [0.15, 0.2) is 0 Å². The van der Waals surface area contributed by atoms with Crippen molar-refractivity contribution >= 4 is 0 Å². The van der Waals surface area contributed by atoms with Crippen molar-refractivity contribution in [3.05, 3.63) is 35.9 Å². The molecule has 0 spiro atoms. The number of likely N-dealkylation sites (tertiary alicyclic amines) is 1. The molecular formula is C17H23N. The maximum absolute atomic E-state index is 3.48. The molecule has 1 unspecified atom stereocenters. The van der Waals surface area contributed by atoms with Gasteiger partial charge in [-0.05, 0) is 31.5 Å². The summed E-state index contributed by atoms with van der Waals surface area (Å²) in [5, 5.41) is 0. The number of hydrogen-bond donors (Lipinski definition) is 0. The van der Waals surface area contributed by atoms with Crippen LogP contribution in [0.1, 0.15) is 44.7 Å². The van der Waals surface area contributed by atoms with E-state index in [-0.39, 0.29) is 6.04 Å². The maximum Gasteiger partial charge on any atom is 0.0970 e. The van der Waals surface area contributed by atoms with Crippen LogP contribution in [0.25, 0.3) is 0 Å². The van der Waals surface area contributed by atoms with Crippen LogP contribution in [0, 0.1) is 17.8 Å². The molecule has 1 fully saturated rings. The van der Waals surface area contributed by atoms with Gasteiger partial charge in [-0.25, -0.2) is 0 Å². The molecule has 1 aromatic carbocycles. The zero-order valence-corrected chi connectivity index (χ0v) is 11.5. The molecule has 1 saturated heterocycles. The SMILES string of the molecule is CC(C)C#CC(c1ccccc1)N1CCCCC1. The van der Waals surface area contributed by atoms with Gasteiger partial charge in [0.25, 0.3) is 0 Å². The summed E-state index contributed by atoms with van der Waals surface area (Å²) in [6.45, 7) is 6.69. The Labute approximate surface area is 111 Å². The van der Waals surface area contributed by atoms with Gasteiger partial charge in [0.2, 0.25) is 0 Å². The quantitative estimate of drug-likeness (QED) is 0.710. The van der Waals surface area contributed by atoms with Crippen LogP contribution in [0.4, 0.5) is 0 Å². The van der Waals surface area contributed by atoms with E-state index >= 15 is 0 Å². The minimum absolute atomic E-state index is 0.286. The molecule has 0 saturated carbocycles. The van der Waals surface area contributed by atoms with Crippen LogP contribution in [-0.2, 0) is 0 Å². The first-order chi connectivity index (χ1) is 8.77. The molecule has 18 heavy (non-hydrogen) atoms. The molecule has 0 aromatic heterocycles. The number of hydrogen-bond acceptors (Lipinski definition) is 1. The largest absolute Gasteiger partial charge is 0.286 e. The van der Waals surface area contributed by atoms with Crippen molar-refractivity contribution in [2.45, 2.75) is 39.2 Å². The van der Waals surface area contributed by atoms with Crippen molar-refractivity contribution in [3.8, 4) is 11.8 Å². The lowest BCUT2D eigenvalue weighted by Crippen LogP contribution is -2.33. The molecule has 1 aliphatic rings. The zero-order chi connectivity index (χ0) is 12.8. The van der Waals surface area contributed by atoms with E-state index in [1.807, 2.05) is 0 Å². The lowest BCUT2D eigenvalue weighted by Gasteiger charge is -2.31. The molecule has 0 amide bonds. The van der Waals surface area contributed by atoms with Gasteiger partial charge in [-0.3, -0.25) is 4.90 Å². The number of nitrogens with zero attached hydrogens (tertiary/aromatic N) is 1. The molecule has 1 heteroatoms. The van der Waals surface area contributed by atoms with Crippen LogP contribution < -0.4 is 0 Å². The molecule has 0 aliphatic carbocycles. The first-order valence-electron chi connectivity index (χ1n) is 7.07. The summed E-state index contributed by atoms with van der Waals surface area (Å²) in [5.74, 6) is 7.28. The predicted octanol–water partition coefficient (Wildman–Crippen LogP) is 3.87. The van der Waals surface area contributed by atoms with Crippen LogP contribution in [0.3, 0.4) is 0 Å². The van der Waals surface area contributed by atoms with Crippen molar-refractivity contribution in [2.24, 2.45) is 5.92 Å². The lowest BCUT2D eigenvalue weighted by molar-refractivity contribution is 0.197. The third kappa shape index (κ3) is 3.62. The van der Waals surface area contributed by atoms with Crippen LogP contribution in [-0.4, -0.2) is 18.0 Å². The Morgan fingerprint density at radius 2 is 1.61 bits per heavy atom. The summed E-state index contributed by atoms with van der Waals surface area (Å²) in [5.41, 5.74) is 1.34. The Balaban J connectivity index is 2.20. The minimum atomic E-state index is 0.286. The first-order valence-corrected chi connectivity index (χ1v) is 7.07. The van der Waals surface area contributed by atoms with Crippen LogP contribution in [0.15, 0.2) is 30.3 Å². The van der Waals surface area contributed by atoms with E-state index in [2.05, 4.69) is 60.9 Å². The van der Waals surface area contributed by atoms with Gasteiger partial charge in [0, 0.05) is 5.92 Å². The van der Waals surface area contributed by atoms with Gasteiger partial charge in [0.05, 0.1) is 6.04 Å². The fourth-order valence-electron chi connectivity index (χ4n) is 2.44. The second-order valence-electron chi connectivity index (χ2n) is 5.35. The van der Waals surface area contributed by atoms with Crippen LogP contribution >= 0.6 is 0 Å². The molecule has 0 radical (unpaired) electrons. The van der Waals surface area contributed by atoms with Gasteiger partial charge >= 0.3 is 0 Å². The molecule has 2 rings (SSSR count). The summed E-state index contributed by atoms with van der Waals surface area (Å²) < 4.78 is 0. The average molecular weight is 241 g/mol. The molecule has 1 aromatic rings. The molecule has 1 nitrogen and oxygen atoms in total. The Hall–Kier alpha value is -1.26. The van der Waals surface area contributed by atoms with Gasteiger partial charge in [-0.2, -0.15) is 0 Å². The molecule has 1 atom stereocenters. The summed E-state index contributed by atoms with van der Waals surface area (Å²) in [6, 6.07) is 11.0. The van der Waals surface area contributed by atoms with E-state index in [4.69, 9.17) is 0 Å². The molecule has 1 heterocycles. The predicted molar refractivity (Wildman–Crippen MR) is 77.2 cm³/mol. The van der Waals surface area contributed by atoms with Gasteiger partial charge in [-0.1, -0.05) is 62.4 Å². The maximum atomic E-state index is 3.48. The summed E-state index contributed by atoms with van der Waals surface area (Å²) in [4.78, 5) is 2.54. The highest BCUT2D eigenvalue weighted by Gasteiger charge is 2.20. The second kappa shape index (κ2) is 6.61. The van der Waals surface area contributed by atoms with E-state index < -0.39 is 0 Å². The lowest BCUT2D eigenvalue weighted by atomic mass is 10.0. The fourth-order valence-corrected chi connectivity index (χ4v) is 2.44. The van der Waals surface area contributed by atoms with E-state index in [0.29, 0.717) is 5.92 Å². The van der Waals surface area contributed by atoms with Gasteiger partial charge in [-0.15, -0.1) is 0 Å². The molecule has 0 N–H and O–H groups in total. The highest BCUT2D eigenvalue weighted by Crippen LogP contribution is 2.23. The second-order valence-corrected chi connectivity index (χ2v) is 5.35. The number of benzene rings is 1. The molecule has 1 aliphatic heterocycles. The Morgan fingerprint density at radius 1 is 0.944 bits per heavy atom. The van der Waals surface area contributed by atoms with Gasteiger partial charge in [0.1, 0.15) is 0 Å². The van der Waals surface area contributed by atoms with Crippen molar-refractivity contribution in [1.29, 1.82) is 0 Å². The smallest absolute Gasteiger partial charge is 0.0970 e. The Kier molecular flexibility index (Phi) is 4.84. The molecular weight excluding hydrogens is 218 g/mol. The van der Waals surface area contributed by atoms with Crippen LogP contribution in [0.2, 0.25) is 0 Å². The number of piperidine rings is 1. The van der Waals surface area contributed by atoms with E-state index in [9.17, 15) is 0 Å². The number of rotatable bonds is 2. The zero-order valence-electron chi connectivity index (χ0n) is 11.5. The summed E-state index contributed by atoms with van der Waals surface area (Å²) in [7, 11) is 0. The Bertz CT molecular complexity index is 404. The summed E-state index contributed by atoms with van der Waals surface area (Å²) >= 11 is 0. The topological polar surface area (TPSA) is 3.24 Å². The van der Waals surface area contributed by atoms with Crippen molar-refractivity contribution in [3.63, 3.8) is 0 Å². The average Bonchev–Trinajstić information content (AvgIpc) is 2.41. The monoisotopic (exact) mass is 241 g/mol. The standard InChI is InChI=1S/C17H23N/c1-15(2)11-12-17(16-9-5-3-6-10-16)18-13-7-4-8-14-18/h3,5-6,9-10,15,17H,4,7-8,13-14H2,1-2H3. The Morgan fingerprint density at radius 3 is 2.22 bits per heavy atom. The highest BCUT2D eigenvalue weighted by molar-refractivity contribution is 5.27. The molecule has 96 valence electrons. The fraction of sp³-hybridized carbons (Fsp3) is 0.529. The van der Waals surface area contributed by atoms with Crippen LogP contribution in [0.5, 0.6) is 0 Å².